The third kappa shape index (κ3) is 3.05. The molecule has 1 amide bonds. The lowest BCUT2D eigenvalue weighted by atomic mass is 10.1. The Morgan fingerprint density at radius 1 is 1.53 bits per heavy atom. The lowest BCUT2D eigenvalue weighted by Gasteiger charge is -2.27. The summed E-state index contributed by atoms with van der Waals surface area (Å²) in [6.07, 6.45) is 1.29. The first-order valence-corrected chi connectivity index (χ1v) is 6.49. The Morgan fingerprint density at radius 3 is 2.79 bits per heavy atom. The van der Waals surface area contributed by atoms with Crippen LogP contribution < -0.4 is 11.5 Å². The van der Waals surface area contributed by atoms with Gasteiger partial charge in [0.05, 0.1) is 6.10 Å². The number of likely N-dealkylation sites (N-methyl/N-ethyl adjacent to an activating group) is 1. The zero-order valence-corrected chi connectivity index (χ0v) is 11.4. The van der Waals surface area contributed by atoms with Gasteiger partial charge in [-0.1, -0.05) is 6.07 Å². The summed E-state index contributed by atoms with van der Waals surface area (Å²) in [4.78, 5) is 13.3. The number of hydrogen-bond acceptors (Lipinski definition) is 4. The molecule has 0 bridgehead atoms. The van der Waals surface area contributed by atoms with Gasteiger partial charge < -0.3 is 16.2 Å². The molecule has 0 radical (unpaired) electrons. The van der Waals surface area contributed by atoms with Crippen molar-refractivity contribution in [2.24, 2.45) is 5.73 Å². The smallest absolute Gasteiger partial charge is 0.248 e. The molecule has 1 aliphatic rings. The topological polar surface area (TPSA) is 81.6 Å². The molecule has 1 aromatic carbocycles. The van der Waals surface area contributed by atoms with Crippen molar-refractivity contribution in [3.8, 4) is 0 Å². The molecule has 1 aromatic rings. The molecular weight excluding hydrogens is 242 g/mol. The standard InChI is InChI=1S/C14H21N3O2/c1-9-13(5-6-19-9)17(2)8-11-4-3-10(14(16)18)7-12(11)15/h3-4,7,9,13H,5-6,8,15H2,1-2H3,(H2,16,18). The van der Waals surface area contributed by atoms with Crippen LogP contribution >= 0.6 is 0 Å². The van der Waals surface area contributed by atoms with Gasteiger partial charge in [0.25, 0.3) is 0 Å². The molecule has 2 unspecified atom stereocenters. The summed E-state index contributed by atoms with van der Waals surface area (Å²) in [5.74, 6) is -0.454. The van der Waals surface area contributed by atoms with E-state index in [0.717, 1.165) is 25.1 Å². The lowest BCUT2D eigenvalue weighted by Crippen LogP contribution is -2.36. The second-order valence-electron chi connectivity index (χ2n) is 5.12. The van der Waals surface area contributed by atoms with E-state index < -0.39 is 5.91 Å². The van der Waals surface area contributed by atoms with Crippen LogP contribution in [0.1, 0.15) is 29.3 Å². The van der Waals surface area contributed by atoms with Crippen LogP contribution in [-0.4, -0.2) is 36.6 Å². The predicted molar refractivity (Wildman–Crippen MR) is 74.7 cm³/mol. The van der Waals surface area contributed by atoms with Gasteiger partial charge in [-0.05, 0) is 38.1 Å². The second-order valence-corrected chi connectivity index (χ2v) is 5.12. The summed E-state index contributed by atoms with van der Waals surface area (Å²) in [6.45, 7) is 3.64. The fourth-order valence-corrected chi connectivity index (χ4v) is 2.58. The number of hydrogen-bond donors (Lipinski definition) is 2. The Hall–Kier alpha value is -1.59. The van der Waals surface area contributed by atoms with E-state index in [1.54, 1.807) is 12.1 Å². The maximum Gasteiger partial charge on any atom is 0.248 e. The summed E-state index contributed by atoms with van der Waals surface area (Å²) in [7, 11) is 2.07. The van der Waals surface area contributed by atoms with Crippen molar-refractivity contribution in [2.75, 3.05) is 19.4 Å². The Morgan fingerprint density at radius 2 is 2.26 bits per heavy atom. The SMILES string of the molecule is CC1OCCC1N(C)Cc1ccc(C(N)=O)cc1N. The molecule has 0 aromatic heterocycles. The van der Waals surface area contributed by atoms with Crippen molar-refractivity contribution >= 4 is 11.6 Å². The average molecular weight is 263 g/mol. The van der Waals surface area contributed by atoms with Gasteiger partial charge in [0.1, 0.15) is 0 Å². The molecule has 19 heavy (non-hydrogen) atoms. The molecule has 1 heterocycles. The highest BCUT2D eigenvalue weighted by Crippen LogP contribution is 2.22. The van der Waals surface area contributed by atoms with Gasteiger partial charge in [0.2, 0.25) is 5.91 Å². The van der Waals surface area contributed by atoms with Crippen molar-refractivity contribution in [3.63, 3.8) is 0 Å². The van der Waals surface area contributed by atoms with E-state index in [-0.39, 0.29) is 6.10 Å². The average Bonchev–Trinajstić information content (AvgIpc) is 2.77. The predicted octanol–water partition coefficient (Wildman–Crippen LogP) is 0.977. The van der Waals surface area contributed by atoms with Crippen LogP contribution in [-0.2, 0) is 11.3 Å². The van der Waals surface area contributed by atoms with Crippen LogP contribution in [0.4, 0.5) is 5.69 Å². The normalized spacial score (nSPS) is 22.9. The molecule has 5 nitrogen and oxygen atoms in total. The molecule has 1 aliphatic heterocycles. The molecule has 104 valence electrons. The number of nitrogens with zero attached hydrogens (tertiary/aromatic N) is 1. The molecular formula is C14H21N3O2. The summed E-state index contributed by atoms with van der Waals surface area (Å²) in [5.41, 5.74) is 13.3. The lowest BCUT2D eigenvalue weighted by molar-refractivity contribution is 0.0815. The van der Waals surface area contributed by atoms with Crippen LogP contribution in [0.5, 0.6) is 0 Å². The number of primary amides is 1. The Kier molecular flexibility index (Phi) is 4.07. The third-order valence-electron chi connectivity index (χ3n) is 3.75. The van der Waals surface area contributed by atoms with E-state index in [2.05, 4.69) is 18.9 Å². The zero-order chi connectivity index (χ0) is 14.0. The van der Waals surface area contributed by atoms with Crippen LogP contribution in [0.2, 0.25) is 0 Å². The fourth-order valence-electron chi connectivity index (χ4n) is 2.58. The minimum absolute atomic E-state index is 0.246. The highest BCUT2D eigenvalue weighted by atomic mass is 16.5. The van der Waals surface area contributed by atoms with Gasteiger partial charge in [-0.15, -0.1) is 0 Å². The zero-order valence-electron chi connectivity index (χ0n) is 11.4. The highest BCUT2D eigenvalue weighted by Gasteiger charge is 2.27. The van der Waals surface area contributed by atoms with E-state index in [4.69, 9.17) is 16.2 Å². The van der Waals surface area contributed by atoms with Crippen LogP contribution in [0, 0.1) is 0 Å². The van der Waals surface area contributed by atoms with Crippen molar-refractivity contribution in [1.82, 2.24) is 4.90 Å². The minimum Gasteiger partial charge on any atom is -0.398 e. The van der Waals surface area contributed by atoms with Crippen LogP contribution in [0.15, 0.2) is 18.2 Å². The van der Waals surface area contributed by atoms with Crippen molar-refractivity contribution < 1.29 is 9.53 Å². The number of ether oxygens (including phenoxy) is 1. The molecule has 1 saturated heterocycles. The summed E-state index contributed by atoms with van der Waals surface area (Å²) in [6, 6.07) is 5.64. The van der Waals surface area contributed by atoms with E-state index in [1.165, 1.54) is 0 Å². The Labute approximate surface area is 113 Å². The molecule has 4 N–H and O–H groups in total. The maximum absolute atomic E-state index is 11.1. The molecule has 5 heteroatoms. The van der Waals surface area contributed by atoms with Gasteiger partial charge in [0, 0.05) is 30.4 Å². The van der Waals surface area contributed by atoms with Gasteiger partial charge in [-0.25, -0.2) is 0 Å². The Bertz CT molecular complexity index is 476. The van der Waals surface area contributed by atoms with Crippen molar-refractivity contribution in [3.05, 3.63) is 29.3 Å². The second kappa shape index (κ2) is 5.59. The number of rotatable bonds is 4. The van der Waals surface area contributed by atoms with Crippen molar-refractivity contribution in [1.29, 1.82) is 0 Å². The number of nitrogen functional groups attached to an aromatic ring is 1. The van der Waals surface area contributed by atoms with Gasteiger partial charge in [-0.2, -0.15) is 0 Å². The third-order valence-corrected chi connectivity index (χ3v) is 3.75. The number of nitrogens with two attached hydrogens (primary N) is 2. The monoisotopic (exact) mass is 263 g/mol. The van der Waals surface area contributed by atoms with Crippen LogP contribution in [0.25, 0.3) is 0 Å². The first-order valence-electron chi connectivity index (χ1n) is 6.49. The first-order chi connectivity index (χ1) is 8.99. The number of anilines is 1. The Balaban J connectivity index is 2.08. The molecule has 0 spiro atoms. The molecule has 2 atom stereocenters. The summed E-state index contributed by atoms with van der Waals surface area (Å²) in [5, 5.41) is 0. The van der Waals surface area contributed by atoms with Crippen molar-refractivity contribution in [2.45, 2.75) is 32.0 Å². The number of amides is 1. The van der Waals surface area contributed by atoms with Gasteiger partial charge >= 0.3 is 0 Å². The van der Waals surface area contributed by atoms with Crippen LogP contribution in [0.3, 0.4) is 0 Å². The number of benzene rings is 1. The summed E-state index contributed by atoms with van der Waals surface area (Å²) < 4.78 is 5.57. The quantitative estimate of drug-likeness (QED) is 0.793. The fraction of sp³-hybridized carbons (Fsp3) is 0.500. The van der Waals surface area contributed by atoms with E-state index in [0.29, 0.717) is 17.3 Å². The summed E-state index contributed by atoms with van der Waals surface area (Å²) >= 11 is 0. The van der Waals surface area contributed by atoms with E-state index >= 15 is 0 Å². The minimum atomic E-state index is -0.454. The molecule has 1 fully saturated rings. The van der Waals surface area contributed by atoms with Gasteiger partial charge in [0.15, 0.2) is 0 Å². The largest absolute Gasteiger partial charge is 0.398 e. The van der Waals surface area contributed by atoms with Gasteiger partial charge in [-0.3, -0.25) is 9.69 Å². The number of carbonyl (C=O) groups excluding carboxylic acids is 1. The van der Waals surface area contributed by atoms with E-state index in [9.17, 15) is 4.79 Å². The number of carbonyl (C=O) groups is 1. The molecule has 2 rings (SSSR count). The molecule has 0 saturated carbocycles. The highest BCUT2D eigenvalue weighted by molar-refractivity contribution is 5.93. The van der Waals surface area contributed by atoms with E-state index in [1.807, 2.05) is 6.07 Å². The first kappa shape index (κ1) is 13.8. The molecule has 0 aliphatic carbocycles. The maximum atomic E-state index is 11.1.